The minimum atomic E-state index is -3.77. The summed E-state index contributed by atoms with van der Waals surface area (Å²) in [4.78, 5) is 24.9. The fourth-order valence-corrected chi connectivity index (χ4v) is 5.12. The number of hydrogen-bond acceptors (Lipinski definition) is 7. The van der Waals surface area contributed by atoms with E-state index in [9.17, 15) is 18.0 Å². The van der Waals surface area contributed by atoms with Crippen LogP contribution >= 0.6 is 11.3 Å². The van der Waals surface area contributed by atoms with E-state index in [1.165, 1.54) is 11.2 Å². The van der Waals surface area contributed by atoms with Gasteiger partial charge >= 0.3 is 0 Å². The summed E-state index contributed by atoms with van der Waals surface area (Å²) in [5.41, 5.74) is 0. The molecule has 1 aliphatic heterocycles. The van der Waals surface area contributed by atoms with Gasteiger partial charge < -0.3 is 10.2 Å². The molecule has 1 aromatic heterocycles. The molecule has 0 bridgehead atoms. The van der Waals surface area contributed by atoms with E-state index in [0.29, 0.717) is 26.1 Å². The quantitative estimate of drug-likeness (QED) is 0.751. The molecule has 1 aliphatic carbocycles. The molecule has 24 heavy (non-hydrogen) atoms. The van der Waals surface area contributed by atoms with Crippen LogP contribution in [-0.2, 0) is 19.6 Å². The molecule has 3 rings (SSSR count). The number of hydrogen-bond donors (Lipinski definition) is 1. The molecule has 0 spiro atoms. The number of nitrogens with zero attached hydrogens (tertiary/aromatic N) is 4. The molecule has 1 N–H and O–H groups in total. The Labute approximate surface area is 144 Å². The average Bonchev–Trinajstić information content (AvgIpc) is 3.30. The van der Waals surface area contributed by atoms with Crippen LogP contribution in [0.4, 0.5) is 5.13 Å². The summed E-state index contributed by atoms with van der Waals surface area (Å²) < 4.78 is 26.6. The van der Waals surface area contributed by atoms with Gasteiger partial charge in [-0.25, -0.2) is 8.42 Å². The van der Waals surface area contributed by atoms with Gasteiger partial charge in [-0.15, -0.1) is 10.2 Å². The van der Waals surface area contributed by atoms with E-state index in [4.69, 9.17) is 0 Å². The molecular formula is C13H19N5O4S2. The Hall–Kier alpha value is -1.59. The Bertz CT molecular complexity index is 743. The summed E-state index contributed by atoms with van der Waals surface area (Å²) in [5, 5.41) is 9.94. The van der Waals surface area contributed by atoms with Gasteiger partial charge in [0.1, 0.15) is 0 Å². The zero-order valence-electron chi connectivity index (χ0n) is 13.3. The Morgan fingerprint density at radius 1 is 1.17 bits per heavy atom. The lowest BCUT2D eigenvalue weighted by molar-refractivity contribution is -0.132. The van der Waals surface area contributed by atoms with Crippen LogP contribution in [0.15, 0.2) is 4.34 Å². The van der Waals surface area contributed by atoms with E-state index in [-0.39, 0.29) is 33.7 Å². The van der Waals surface area contributed by atoms with Crippen LogP contribution in [0.25, 0.3) is 0 Å². The van der Waals surface area contributed by atoms with Crippen molar-refractivity contribution >= 4 is 38.3 Å². The number of nitrogens with one attached hydrogen (secondary N) is 1. The Morgan fingerprint density at radius 3 is 2.58 bits per heavy atom. The highest BCUT2D eigenvalue weighted by Crippen LogP contribution is 2.31. The fraction of sp³-hybridized carbons (Fsp3) is 0.692. The second-order valence-corrected chi connectivity index (χ2v) is 9.00. The number of carbonyl (C=O) groups excluding carboxylic acids is 2. The van der Waals surface area contributed by atoms with Crippen LogP contribution in [0.5, 0.6) is 0 Å². The summed E-state index contributed by atoms with van der Waals surface area (Å²) in [6, 6.07) is 0. The normalized spacial score (nSPS) is 19.8. The second kappa shape index (κ2) is 6.73. The third-order valence-corrected chi connectivity index (χ3v) is 7.03. The molecule has 0 atom stereocenters. The van der Waals surface area contributed by atoms with Crippen molar-refractivity contribution in [3.8, 4) is 0 Å². The van der Waals surface area contributed by atoms with Gasteiger partial charge in [0.15, 0.2) is 0 Å². The van der Waals surface area contributed by atoms with Gasteiger partial charge in [-0.2, -0.15) is 4.31 Å². The Balaban J connectivity index is 1.69. The molecular weight excluding hydrogens is 354 g/mol. The molecule has 132 valence electrons. The maximum Gasteiger partial charge on any atom is 0.272 e. The van der Waals surface area contributed by atoms with Gasteiger partial charge in [0, 0.05) is 39.0 Å². The van der Waals surface area contributed by atoms with Gasteiger partial charge in [-0.3, -0.25) is 9.59 Å². The lowest BCUT2D eigenvalue weighted by Gasteiger charge is -2.21. The molecule has 11 heteroatoms. The van der Waals surface area contributed by atoms with Crippen molar-refractivity contribution in [3.63, 3.8) is 0 Å². The number of sulfonamides is 1. The zero-order valence-corrected chi connectivity index (χ0v) is 14.9. The zero-order chi connectivity index (χ0) is 17.3. The lowest BCUT2D eigenvalue weighted by atomic mass is 10.3. The summed E-state index contributed by atoms with van der Waals surface area (Å²) >= 11 is 0.826. The van der Waals surface area contributed by atoms with Gasteiger partial charge in [0.25, 0.3) is 10.0 Å². The van der Waals surface area contributed by atoms with Crippen LogP contribution in [-0.4, -0.2) is 65.8 Å². The van der Waals surface area contributed by atoms with Crippen molar-refractivity contribution in [1.82, 2.24) is 19.4 Å². The molecule has 0 radical (unpaired) electrons. The molecule has 0 aromatic carbocycles. The van der Waals surface area contributed by atoms with Crippen molar-refractivity contribution in [2.45, 2.75) is 30.5 Å². The molecule has 2 amide bonds. The Morgan fingerprint density at radius 2 is 1.92 bits per heavy atom. The lowest BCUT2D eigenvalue weighted by Crippen LogP contribution is -2.37. The summed E-state index contributed by atoms with van der Waals surface area (Å²) in [6.45, 7) is 2.87. The second-order valence-electron chi connectivity index (χ2n) is 5.91. The molecule has 1 aromatic rings. The first-order valence-corrected chi connectivity index (χ1v) is 10.0. The van der Waals surface area contributed by atoms with Crippen LogP contribution in [0.2, 0.25) is 0 Å². The van der Waals surface area contributed by atoms with Gasteiger partial charge in [-0.1, -0.05) is 11.3 Å². The molecule has 2 fully saturated rings. The van der Waals surface area contributed by atoms with Crippen molar-refractivity contribution in [2.75, 3.05) is 31.5 Å². The summed E-state index contributed by atoms with van der Waals surface area (Å²) in [7, 11) is -3.77. The fourth-order valence-electron chi connectivity index (χ4n) is 2.57. The van der Waals surface area contributed by atoms with Crippen molar-refractivity contribution in [1.29, 1.82) is 0 Å². The predicted octanol–water partition coefficient (Wildman–Crippen LogP) is 0.130. The molecule has 9 nitrogen and oxygen atoms in total. The van der Waals surface area contributed by atoms with Crippen LogP contribution in [0.3, 0.4) is 0 Å². The van der Waals surface area contributed by atoms with Crippen molar-refractivity contribution in [3.05, 3.63) is 0 Å². The number of rotatable bonds is 4. The van der Waals surface area contributed by atoms with Crippen LogP contribution in [0.1, 0.15) is 26.2 Å². The highest BCUT2D eigenvalue weighted by molar-refractivity contribution is 7.91. The van der Waals surface area contributed by atoms with E-state index >= 15 is 0 Å². The molecule has 0 unspecified atom stereocenters. The highest BCUT2D eigenvalue weighted by Gasteiger charge is 2.36. The van der Waals surface area contributed by atoms with Gasteiger partial charge in [0.05, 0.1) is 0 Å². The molecule has 1 saturated heterocycles. The largest absolute Gasteiger partial charge is 0.341 e. The molecule has 1 saturated carbocycles. The molecule has 2 heterocycles. The van der Waals surface area contributed by atoms with Crippen molar-refractivity contribution in [2.24, 2.45) is 5.92 Å². The first-order chi connectivity index (χ1) is 11.4. The minimum absolute atomic E-state index is 0.136. The average molecular weight is 373 g/mol. The SMILES string of the molecule is CC(=O)Nc1nnc(S(=O)(=O)N2CCCN(C(=O)C3CC3)CC2)s1. The number of amides is 2. The maximum absolute atomic E-state index is 12.7. The maximum atomic E-state index is 12.7. The standard InChI is InChI=1S/C13H19N5O4S2/c1-9(19)14-12-15-16-13(23-12)24(21,22)18-6-2-5-17(7-8-18)11(20)10-3-4-10/h10H,2-8H2,1H3,(H,14,15,19). The number of carbonyl (C=O) groups is 2. The van der Waals surface area contributed by atoms with Crippen molar-refractivity contribution < 1.29 is 18.0 Å². The molecule has 2 aliphatic rings. The summed E-state index contributed by atoms with van der Waals surface area (Å²) in [5.74, 6) is -0.0614. The van der Waals surface area contributed by atoms with Crippen LogP contribution < -0.4 is 5.32 Å². The van der Waals surface area contributed by atoms with E-state index < -0.39 is 10.0 Å². The van der Waals surface area contributed by atoms with Gasteiger partial charge in [-0.05, 0) is 19.3 Å². The smallest absolute Gasteiger partial charge is 0.272 e. The monoisotopic (exact) mass is 373 g/mol. The van der Waals surface area contributed by atoms with E-state index in [1.54, 1.807) is 4.90 Å². The van der Waals surface area contributed by atoms with E-state index in [0.717, 1.165) is 24.2 Å². The Kier molecular flexibility index (Phi) is 4.83. The van der Waals surface area contributed by atoms with Gasteiger partial charge in [0.2, 0.25) is 21.3 Å². The first-order valence-electron chi connectivity index (χ1n) is 7.78. The van der Waals surface area contributed by atoms with E-state index in [2.05, 4.69) is 15.5 Å². The van der Waals surface area contributed by atoms with E-state index in [1.807, 2.05) is 0 Å². The minimum Gasteiger partial charge on any atom is -0.341 e. The third kappa shape index (κ3) is 3.73. The highest BCUT2D eigenvalue weighted by atomic mass is 32.2. The third-order valence-electron chi connectivity index (χ3n) is 3.94. The number of aromatic nitrogens is 2. The number of anilines is 1. The topological polar surface area (TPSA) is 113 Å². The predicted molar refractivity (Wildman–Crippen MR) is 86.9 cm³/mol. The summed E-state index contributed by atoms with van der Waals surface area (Å²) in [6.07, 6.45) is 2.47. The first kappa shape index (κ1) is 17.2. The van der Waals surface area contributed by atoms with Crippen LogP contribution in [0, 0.1) is 5.92 Å².